The number of benzene rings is 1. The normalized spacial score (nSPS) is 10.6. The van der Waals surface area contributed by atoms with Crippen molar-refractivity contribution in [2.75, 3.05) is 13.7 Å². The van der Waals surface area contributed by atoms with Gasteiger partial charge in [0, 0.05) is 13.6 Å². The van der Waals surface area contributed by atoms with E-state index in [4.69, 9.17) is 9.47 Å². The van der Waals surface area contributed by atoms with Gasteiger partial charge in [-0.3, -0.25) is 0 Å². The molecular formula is C15H21N3O2. The zero-order valence-electron chi connectivity index (χ0n) is 12.2. The van der Waals surface area contributed by atoms with Gasteiger partial charge in [-0.05, 0) is 31.7 Å². The van der Waals surface area contributed by atoms with Crippen molar-refractivity contribution >= 4 is 0 Å². The third-order valence-electron chi connectivity index (χ3n) is 2.98. The number of rotatable bonds is 7. The average molecular weight is 275 g/mol. The molecule has 0 fully saturated rings. The summed E-state index contributed by atoms with van der Waals surface area (Å²) in [5.41, 5.74) is 2.19. The smallest absolute Gasteiger partial charge is 0.161 e. The quantitative estimate of drug-likeness (QED) is 0.841. The van der Waals surface area contributed by atoms with Crippen LogP contribution in [0, 0.1) is 0 Å². The molecule has 0 saturated carbocycles. The van der Waals surface area contributed by atoms with Crippen LogP contribution in [0.5, 0.6) is 11.5 Å². The molecule has 0 spiro atoms. The third-order valence-corrected chi connectivity index (χ3v) is 2.98. The number of nitrogens with one attached hydrogen (secondary N) is 1. The molecule has 0 bridgehead atoms. The summed E-state index contributed by atoms with van der Waals surface area (Å²) in [4.78, 5) is 4.07. The van der Waals surface area contributed by atoms with Crippen LogP contribution in [-0.2, 0) is 20.2 Å². The van der Waals surface area contributed by atoms with Crippen LogP contribution < -0.4 is 14.8 Å². The van der Waals surface area contributed by atoms with E-state index in [0.717, 1.165) is 23.7 Å². The minimum absolute atomic E-state index is 0.474. The number of hydrogen-bond donors (Lipinski definition) is 1. The lowest BCUT2D eigenvalue weighted by Gasteiger charge is -2.13. The molecule has 0 aliphatic rings. The maximum Gasteiger partial charge on any atom is 0.161 e. The molecule has 2 rings (SSSR count). The van der Waals surface area contributed by atoms with Crippen molar-refractivity contribution in [3.8, 4) is 11.5 Å². The molecule has 0 aliphatic carbocycles. The van der Waals surface area contributed by atoms with Crippen molar-refractivity contribution in [1.82, 2.24) is 14.9 Å². The predicted molar refractivity (Wildman–Crippen MR) is 77.9 cm³/mol. The predicted octanol–water partition coefficient (Wildman–Crippen LogP) is 2.12. The largest absolute Gasteiger partial charge is 0.490 e. The monoisotopic (exact) mass is 275 g/mol. The lowest BCUT2D eigenvalue weighted by Crippen LogP contribution is -2.07. The fourth-order valence-electron chi connectivity index (χ4n) is 1.93. The van der Waals surface area contributed by atoms with Gasteiger partial charge in [-0.25, -0.2) is 4.98 Å². The van der Waals surface area contributed by atoms with Gasteiger partial charge in [-0.2, -0.15) is 0 Å². The Morgan fingerprint density at radius 1 is 1.25 bits per heavy atom. The molecule has 1 heterocycles. The summed E-state index contributed by atoms with van der Waals surface area (Å²) >= 11 is 0. The maximum atomic E-state index is 5.84. The van der Waals surface area contributed by atoms with Gasteiger partial charge in [0.25, 0.3) is 0 Å². The average Bonchev–Trinajstić information content (AvgIpc) is 2.84. The van der Waals surface area contributed by atoms with E-state index >= 15 is 0 Å². The minimum atomic E-state index is 0.474. The Bertz CT molecular complexity index is 552. The molecule has 0 unspecified atom stereocenters. The zero-order chi connectivity index (χ0) is 14.4. The number of aryl methyl sites for hydroxylation is 1. The van der Waals surface area contributed by atoms with E-state index < -0.39 is 0 Å². The first-order valence-electron chi connectivity index (χ1n) is 6.73. The third kappa shape index (κ3) is 3.51. The second-order valence-electron chi connectivity index (χ2n) is 4.53. The van der Waals surface area contributed by atoms with Gasteiger partial charge in [-0.15, -0.1) is 0 Å². The van der Waals surface area contributed by atoms with Crippen LogP contribution in [-0.4, -0.2) is 23.2 Å². The second kappa shape index (κ2) is 6.96. The standard InChI is InChI=1S/C15H21N3O2/c1-4-19-15-7-12(8-16-2)5-6-14(15)20-10-13-9-17-11-18(13)3/h5-7,9,11,16H,4,8,10H2,1-3H3. The van der Waals surface area contributed by atoms with Gasteiger partial charge in [0.15, 0.2) is 11.5 Å². The van der Waals surface area contributed by atoms with E-state index in [2.05, 4.69) is 10.3 Å². The lowest BCUT2D eigenvalue weighted by atomic mass is 10.2. The number of imidazole rings is 1. The molecule has 5 heteroatoms. The molecule has 0 radical (unpaired) electrons. The topological polar surface area (TPSA) is 48.3 Å². The zero-order valence-corrected chi connectivity index (χ0v) is 12.2. The fraction of sp³-hybridized carbons (Fsp3) is 0.400. The van der Waals surface area contributed by atoms with Gasteiger partial charge in [-0.1, -0.05) is 6.07 Å². The maximum absolute atomic E-state index is 5.84. The van der Waals surface area contributed by atoms with Gasteiger partial charge in [0.1, 0.15) is 6.61 Å². The molecule has 0 aliphatic heterocycles. The van der Waals surface area contributed by atoms with E-state index in [9.17, 15) is 0 Å². The van der Waals surface area contributed by atoms with E-state index in [1.807, 2.05) is 43.8 Å². The summed E-state index contributed by atoms with van der Waals surface area (Å²) in [5.74, 6) is 1.54. The second-order valence-corrected chi connectivity index (χ2v) is 4.53. The van der Waals surface area contributed by atoms with Crippen molar-refractivity contribution in [3.63, 3.8) is 0 Å². The lowest BCUT2D eigenvalue weighted by molar-refractivity contribution is 0.264. The first-order chi connectivity index (χ1) is 9.74. The van der Waals surface area contributed by atoms with Crippen molar-refractivity contribution in [2.45, 2.75) is 20.1 Å². The molecular weight excluding hydrogens is 254 g/mol. The Hall–Kier alpha value is -2.01. The molecule has 5 nitrogen and oxygen atoms in total. The van der Waals surface area contributed by atoms with Gasteiger partial charge in [0.2, 0.25) is 0 Å². The number of ether oxygens (including phenoxy) is 2. The van der Waals surface area contributed by atoms with Crippen LogP contribution in [0.1, 0.15) is 18.2 Å². The van der Waals surface area contributed by atoms with Crippen LogP contribution >= 0.6 is 0 Å². The summed E-state index contributed by atoms with van der Waals surface area (Å²) < 4.78 is 13.4. The number of hydrogen-bond acceptors (Lipinski definition) is 4. The summed E-state index contributed by atoms with van der Waals surface area (Å²) in [7, 11) is 3.87. The van der Waals surface area contributed by atoms with Crippen molar-refractivity contribution in [1.29, 1.82) is 0 Å². The fourth-order valence-corrected chi connectivity index (χ4v) is 1.93. The van der Waals surface area contributed by atoms with Crippen molar-refractivity contribution in [2.24, 2.45) is 7.05 Å². The van der Waals surface area contributed by atoms with E-state index in [1.54, 1.807) is 12.5 Å². The van der Waals surface area contributed by atoms with Crippen LogP contribution in [0.3, 0.4) is 0 Å². The molecule has 108 valence electrons. The number of aromatic nitrogens is 2. The van der Waals surface area contributed by atoms with Gasteiger partial charge in [0.05, 0.1) is 24.8 Å². The highest BCUT2D eigenvalue weighted by molar-refractivity contribution is 5.43. The van der Waals surface area contributed by atoms with E-state index in [1.165, 1.54) is 5.56 Å². The van der Waals surface area contributed by atoms with Crippen molar-refractivity contribution < 1.29 is 9.47 Å². The Balaban J connectivity index is 2.11. The van der Waals surface area contributed by atoms with Gasteiger partial charge < -0.3 is 19.4 Å². The van der Waals surface area contributed by atoms with E-state index in [0.29, 0.717) is 13.2 Å². The molecule has 1 aromatic carbocycles. The first-order valence-corrected chi connectivity index (χ1v) is 6.73. The molecule has 2 aromatic rings. The van der Waals surface area contributed by atoms with Crippen molar-refractivity contribution in [3.05, 3.63) is 42.0 Å². The summed E-state index contributed by atoms with van der Waals surface area (Å²) in [6.07, 6.45) is 3.56. The SMILES string of the molecule is CCOc1cc(CNC)ccc1OCc1cncn1C. The summed E-state index contributed by atoms with van der Waals surface area (Å²) in [5, 5.41) is 3.13. The summed E-state index contributed by atoms with van der Waals surface area (Å²) in [6, 6.07) is 6.00. The molecule has 20 heavy (non-hydrogen) atoms. The highest BCUT2D eigenvalue weighted by Gasteiger charge is 2.08. The molecule has 1 N–H and O–H groups in total. The minimum Gasteiger partial charge on any atom is -0.490 e. The first kappa shape index (κ1) is 14.4. The van der Waals surface area contributed by atoms with Gasteiger partial charge >= 0.3 is 0 Å². The number of nitrogens with zero attached hydrogens (tertiary/aromatic N) is 2. The van der Waals surface area contributed by atoms with Crippen LogP contribution in [0.25, 0.3) is 0 Å². The molecule has 0 saturated heterocycles. The van der Waals surface area contributed by atoms with E-state index in [-0.39, 0.29) is 0 Å². The Kier molecular flexibility index (Phi) is 5.01. The van der Waals surface area contributed by atoms with Crippen LogP contribution in [0.4, 0.5) is 0 Å². The summed E-state index contributed by atoms with van der Waals surface area (Å²) in [6.45, 7) is 3.87. The highest BCUT2D eigenvalue weighted by atomic mass is 16.5. The Morgan fingerprint density at radius 3 is 2.75 bits per heavy atom. The highest BCUT2D eigenvalue weighted by Crippen LogP contribution is 2.29. The molecule has 0 atom stereocenters. The molecule has 1 aromatic heterocycles. The van der Waals surface area contributed by atoms with Crippen LogP contribution in [0.2, 0.25) is 0 Å². The molecule has 0 amide bonds. The Morgan fingerprint density at radius 2 is 2.10 bits per heavy atom. The Labute approximate surface area is 119 Å². The van der Waals surface area contributed by atoms with Crippen LogP contribution in [0.15, 0.2) is 30.7 Å².